The van der Waals surface area contributed by atoms with Crippen molar-refractivity contribution in [3.8, 4) is 0 Å². The van der Waals surface area contributed by atoms with Gasteiger partial charge < -0.3 is 5.32 Å². The van der Waals surface area contributed by atoms with Gasteiger partial charge in [0.15, 0.2) is 9.84 Å². The molecule has 1 amide bonds. The van der Waals surface area contributed by atoms with Crippen LogP contribution < -0.4 is 5.32 Å². The molecule has 3 rings (SSSR count). The highest BCUT2D eigenvalue weighted by Crippen LogP contribution is 2.33. The van der Waals surface area contributed by atoms with Gasteiger partial charge in [-0.3, -0.25) is 9.48 Å². The summed E-state index contributed by atoms with van der Waals surface area (Å²) in [6.45, 7) is 0. The Hall–Kier alpha value is -1.37. The molecular formula is C17H27N3O3S. The fraction of sp³-hybridized carbons (Fsp3) is 0.765. The van der Waals surface area contributed by atoms with Gasteiger partial charge in [-0.1, -0.05) is 19.3 Å². The predicted molar refractivity (Wildman–Crippen MR) is 93.7 cm³/mol. The monoisotopic (exact) mass is 353 g/mol. The molecule has 1 atom stereocenters. The van der Waals surface area contributed by atoms with Gasteiger partial charge in [-0.15, -0.1) is 0 Å². The van der Waals surface area contributed by atoms with Crippen LogP contribution in [0.25, 0.3) is 0 Å². The first-order valence-corrected chi connectivity index (χ1v) is 10.8. The zero-order valence-corrected chi connectivity index (χ0v) is 15.1. The molecule has 7 heteroatoms. The Morgan fingerprint density at radius 3 is 2.71 bits per heavy atom. The first kappa shape index (κ1) is 17.5. The second kappa shape index (κ2) is 7.25. The van der Waals surface area contributed by atoms with Gasteiger partial charge in [0.25, 0.3) is 0 Å². The smallest absolute Gasteiger partial charge is 0.225 e. The van der Waals surface area contributed by atoms with E-state index in [0.717, 1.165) is 12.1 Å². The van der Waals surface area contributed by atoms with Crippen molar-refractivity contribution in [2.45, 2.75) is 57.3 Å². The van der Waals surface area contributed by atoms with Gasteiger partial charge >= 0.3 is 0 Å². The van der Waals surface area contributed by atoms with Crippen molar-refractivity contribution in [1.82, 2.24) is 9.78 Å². The van der Waals surface area contributed by atoms with E-state index in [4.69, 9.17) is 0 Å². The molecule has 2 fully saturated rings. The number of anilines is 1. The lowest BCUT2D eigenvalue weighted by molar-refractivity contribution is -0.117. The highest BCUT2D eigenvalue weighted by atomic mass is 32.2. The van der Waals surface area contributed by atoms with E-state index < -0.39 is 9.84 Å². The second-order valence-electron chi connectivity index (χ2n) is 7.29. The number of nitrogens with one attached hydrogen (secondary N) is 1. The van der Waals surface area contributed by atoms with Gasteiger partial charge in [0, 0.05) is 25.5 Å². The summed E-state index contributed by atoms with van der Waals surface area (Å²) in [7, 11) is -1.13. The van der Waals surface area contributed by atoms with Crippen LogP contribution in [0.4, 0.5) is 5.82 Å². The zero-order valence-electron chi connectivity index (χ0n) is 14.3. The SMILES string of the molecule is Cn1nc(C2CCCCC2)cc1NC(=O)C[C@@H]1CCCS(=O)(=O)C1. The molecule has 2 heterocycles. The third-order valence-electron chi connectivity index (χ3n) is 5.22. The average molecular weight is 353 g/mol. The van der Waals surface area contributed by atoms with Crippen molar-refractivity contribution in [1.29, 1.82) is 0 Å². The normalized spacial score (nSPS) is 24.6. The van der Waals surface area contributed by atoms with E-state index in [1.807, 2.05) is 13.1 Å². The van der Waals surface area contributed by atoms with Crippen LogP contribution in [-0.4, -0.2) is 35.6 Å². The van der Waals surface area contributed by atoms with E-state index >= 15 is 0 Å². The number of amides is 1. The van der Waals surface area contributed by atoms with Gasteiger partial charge in [0.2, 0.25) is 5.91 Å². The van der Waals surface area contributed by atoms with Gasteiger partial charge in [-0.05, 0) is 31.6 Å². The van der Waals surface area contributed by atoms with Gasteiger partial charge in [-0.25, -0.2) is 8.42 Å². The summed E-state index contributed by atoms with van der Waals surface area (Å²) in [5.74, 6) is 1.43. The maximum atomic E-state index is 12.3. The molecule has 1 aliphatic heterocycles. The van der Waals surface area contributed by atoms with Crippen molar-refractivity contribution in [3.05, 3.63) is 11.8 Å². The molecule has 1 N–H and O–H groups in total. The molecular weight excluding hydrogens is 326 g/mol. The molecule has 1 aromatic rings. The Balaban J connectivity index is 1.59. The summed E-state index contributed by atoms with van der Waals surface area (Å²) in [6, 6.07) is 1.98. The molecule has 0 spiro atoms. The number of hydrogen-bond acceptors (Lipinski definition) is 4. The van der Waals surface area contributed by atoms with Crippen molar-refractivity contribution < 1.29 is 13.2 Å². The number of aromatic nitrogens is 2. The first-order chi connectivity index (χ1) is 11.4. The highest BCUT2D eigenvalue weighted by Gasteiger charge is 2.27. The molecule has 2 aliphatic rings. The van der Waals surface area contributed by atoms with E-state index in [1.165, 1.54) is 32.1 Å². The molecule has 0 aromatic carbocycles. The topological polar surface area (TPSA) is 81.1 Å². The van der Waals surface area contributed by atoms with Crippen molar-refractivity contribution in [2.24, 2.45) is 13.0 Å². The maximum Gasteiger partial charge on any atom is 0.225 e. The molecule has 0 unspecified atom stereocenters. The molecule has 0 radical (unpaired) electrons. The minimum Gasteiger partial charge on any atom is -0.311 e. The number of hydrogen-bond donors (Lipinski definition) is 1. The summed E-state index contributed by atoms with van der Waals surface area (Å²) < 4.78 is 25.1. The van der Waals surface area contributed by atoms with Crippen molar-refractivity contribution in [2.75, 3.05) is 16.8 Å². The molecule has 1 aliphatic carbocycles. The van der Waals surface area contributed by atoms with E-state index in [1.54, 1.807) is 4.68 Å². The fourth-order valence-corrected chi connectivity index (χ4v) is 5.71. The highest BCUT2D eigenvalue weighted by molar-refractivity contribution is 7.91. The van der Waals surface area contributed by atoms with E-state index in [2.05, 4.69) is 10.4 Å². The summed E-state index contributed by atoms with van der Waals surface area (Å²) in [5, 5.41) is 7.47. The number of nitrogens with zero attached hydrogens (tertiary/aromatic N) is 2. The maximum absolute atomic E-state index is 12.3. The third-order valence-corrected chi connectivity index (χ3v) is 7.11. The Morgan fingerprint density at radius 1 is 1.25 bits per heavy atom. The Bertz CT molecular complexity index is 690. The molecule has 24 heavy (non-hydrogen) atoms. The lowest BCUT2D eigenvalue weighted by Gasteiger charge is -2.21. The van der Waals surface area contributed by atoms with E-state index in [0.29, 0.717) is 18.2 Å². The summed E-state index contributed by atoms with van der Waals surface area (Å²) in [5.41, 5.74) is 1.06. The van der Waals surface area contributed by atoms with Gasteiger partial charge in [0.05, 0.1) is 17.2 Å². The Kier molecular flexibility index (Phi) is 5.27. The van der Waals surface area contributed by atoms with E-state index in [-0.39, 0.29) is 29.8 Å². The Morgan fingerprint density at radius 2 is 2.00 bits per heavy atom. The zero-order chi connectivity index (χ0) is 17.2. The lowest BCUT2D eigenvalue weighted by Crippen LogP contribution is -2.28. The van der Waals surface area contributed by atoms with Crippen LogP contribution in [0.1, 0.15) is 63.0 Å². The number of rotatable bonds is 4. The molecule has 1 aromatic heterocycles. The van der Waals surface area contributed by atoms with Crippen LogP contribution in [-0.2, 0) is 21.7 Å². The van der Waals surface area contributed by atoms with Crippen LogP contribution in [0, 0.1) is 5.92 Å². The number of sulfone groups is 1. The van der Waals surface area contributed by atoms with Crippen LogP contribution in [0.15, 0.2) is 6.07 Å². The van der Waals surface area contributed by atoms with Crippen LogP contribution in [0.3, 0.4) is 0 Å². The van der Waals surface area contributed by atoms with Crippen LogP contribution in [0.5, 0.6) is 0 Å². The van der Waals surface area contributed by atoms with E-state index in [9.17, 15) is 13.2 Å². The van der Waals surface area contributed by atoms with Gasteiger partial charge in [-0.2, -0.15) is 5.10 Å². The molecule has 0 bridgehead atoms. The fourth-order valence-electron chi connectivity index (χ4n) is 3.94. The molecule has 1 saturated heterocycles. The number of aryl methyl sites for hydroxylation is 1. The minimum atomic E-state index is -2.97. The second-order valence-corrected chi connectivity index (χ2v) is 9.52. The number of carbonyl (C=O) groups is 1. The standard InChI is InChI=1S/C17H27N3O3S/c1-20-16(11-15(19-20)14-7-3-2-4-8-14)18-17(21)10-13-6-5-9-24(22,23)12-13/h11,13-14H,2-10,12H2,1H3,(H,18,21)/t13-/m0/s1. The molecule has 1 saturated carbocycles. The minimum absolute atomic E-state index is 0.0604. The average Bonchev–Trinajstić information content (AvgIpc) is 2.88. The van der Waals surface area contributed by atoms with Crippen molar-refractivity contribution >= 4 is 21.6 Å². The predicted octanol–water partition coefficient (Wildman–Crippen LogP) is 2.62. The molecule has 134 valence electrons. The van der Waals surface area contributed by atoms with Gasteiger partial charge in [0.1, 0.15) is 5.82 Å². The Labute approximate surface area is 143 Å². The third kappa shape index (κ3) is 4.37. The number of carbonyl (C=O) groups excluding carboxylic acids is 1. The quantitative estimate of drug-likeness (QED) is 0.902. The summed E-state index contributed by atoms with van der Waals surface area (Å²) in [6.07, 6.45) is 7.89. The van der Waals surface area contributed by atoms with Crippen LogP contribution in [0.2, 0.25) is 0 Å². The largest absolute Gasteiger partial charge is 0.311 e. The first-order valence-electron chi connectivity index (χ1n) is 8.97. The lowest BCUT2D eigenvalue weighted by atomic mass is 9.87. The van der Waals surface area contributed by atoms with Crippen molar-refractivity contribution in [3.63, 3.8) is 0 Å². The summed E-state index contributed by atoms with van der Waals surface area (Å²) >= 11 is 0. The molecule has 6 nitrogen and oxygen atoms in total. The van der Waals surface area contributed by atoms with Crippen LogP contribution >= 0.6 is 0 Å². The summed E-state index contributed by atoms with van der Waals surface area (Å²) in [4.78, 5) is 12.3.